The zero-order chi connectivity index (χ0) is 54.6. The molecule has 0 N–H and O–H groups in total. The van der Waals surface area contributed by atoms with E-state index in [-0.39, 0.29) is 12.1 Å². The maximum atomic E-state index is 2.64. The van der Waals surface area contributed by atoms with Crippen LogP contribution in [0.3, 0.4) is 0 Å². The number of allylic oxidation sites excluding steroid dienone is 1. The molecule has 2 aliphatic heterocycles. The molecule has 82 heavy (non-hydrogen) atoms. The average molecular weight is 1050 g/mol. The van der Waals surface area contributed by atoms with Crippen molar-refractivity contribution in [2.75, 3.05) is 9.80 Å². The van der Waals surface area contributed by atoms with Gasteiger partial charge in [-0.15, -0.1) is 0 Å². The van der Waals surface area contributed by atoms with E-state index >= 15 is 0 Å². The van der Waals surface area contributed by atoms with Gasteiger partial charge < -0.3 is 14.4 Å². The first kappa shape index (κ1) is 48.0. The Bertz CT molecular complexity index is 4680. The molecule has 12 aromatic carbocycles. The smallest absolute Gasteiger partial charge is 0.252 e. The number of benzene rings is 12. The van der Waals surface area contributed by atoms with Crippen LogP contribution in [0.25, 0.3) is 88.7 Å². The van der Waals surface area contributed by atoms with Crippen LogP contribution in [0.2, 0.25) is 0 Å². The van der Waals surface area contributed by atoms with Crippen molar-refractivity contribution in [2.45, 2.75) is 39.0 Å². The Labute approximate surface area is 480 Å². The number of hydrogen-bond acceptors (Lipinski definition) is 2. The van der Waals surface area contributed by atoms with E-state index in [0.29, 0.717) is 0 Å². The van der Waals surface area contributed by atoms with Crippen molar-refractivity contribution in [3.8, 4) is 50.2 Å². The molecule has 3 heterocycles. The van der Waals surface area contributed by atoms with Gasteiger partial charge in [-0.05, 0) is 144 Å². The number of fused-ring (bicyclic) bond motifs is 9. The molecule has 0 saturated carbocycles. The van der Waals surface area contributed by atoms with Crippen LogP contribution < -0.4 is 26.2 Å². The van der Waals surface area contributed by atoms with Gasteiger partial charge >= 0.3 is 0 Å². The Morgan fingerprint density at radius 3 is 1.40 bits per heavy atom. The third-order valence-electron chi connectivity index (χ3n) is 17.8. The van der Waals surface area contributed by atoms with E-state index in [1.54, 1.807) is 0 Å². The molecule has 16 rings (SSSR count). The fraction of sp³-hybridized carbons (Fsp3) is 0.0769. The second kappa shape index (κ2) is 18.9. The number of rotatable bonds is 7. The van der Waals surface area contributed by atoms with Crippen molar-refractivity contribution >= 4 is 95.7 Å². The van der Waals surface area contributed by atoms with E-state index < -0.39 is 0 Å². The SMILES string of the molecule is CC(C)(C)c1cc2c3c(c1)N(c1ccccc1-c1ccccc1)c1cc(-n4c5c(c6ccccc64)C=CCC5)ccc1B3c1ccc(-c3c4ccccc4c(-c4ccccc4)c4ccccc34)cc1N2c1ccccc1-c1ccccc1. The zero-order valence-electron chi connectivity index (χ0n) is 46.3. The number of nitrogens with zero attached hydrogens (tertiary/aromatic N) is 3. The summed E-state index contributed by atoms with van der Waals surface area (Å²) in [5.41, 5.74) is 26.7. The molecule has 0 saturated heterocycles. The van der Waals surface area contributed by atoms with Gasteiger partial charge in [0, 0.05) is 56.2 Å². The molecular formula is C78H58BN3. The summed E-state index contributed by atoms with van der Waals surface area (Å²) < 4.78 is 2.56. The summed E-state index contributed by atoms with van der Waals surface area (Å²) in [7, 11) is 0. The van der Waals surface area contributed by atoms with Gasteiger partial charge in [0.15, 0.2) is 0 Å². The first-order chi connectivity index (χ1) is 40.4. The normalized spacial score (nSPS) is 13.3. The van der Waals surface area contributed by atoms with Crippen molar-refractivity contribution in [1.29, 1.82) is 0 Å². The lowest BCUT2D eigenvalue weighted by Gasteiger charge is -2.46. The molecule has 0 radical (unpaired) electrons. The van der Waals surface area contributed by atoms with Gasteiger partial charge in [-0.25, -0.2) is 0 Å². The highest BCUT2D eigenvalue weighted by Gasteiger charge is 2.45. The Kier molecular flexibility index (Phi) is 11.1. The van der Waals surface area contributed by atoms with E-state index in [4.69, 9.17) is 0 Å². The highest BCUT2D eigenvalue weighted by molar-refractivity contribution is 7.00. The van der Waals surface area contributed by atoms with Crippen LogP contribution >= 0.6 is 0 Å². The number of anilines is 6. The lowest BCUT2D eigenvalue weighted by molar-refractivity contribution is 0.590. The molecular weight excluding hydrogens is 990 g/mol. The van der Waals surface area contributed by atoms with E-state index in [0.717, 1.165) is 24.2 Å². The van der Waals surface area contributed by atoms with E-state index in [1.165, 1.54) is 139 Å². The summed E-state index contributed by atoms with van der Waals surface area (Å²) in [4.78, 5) is 5.28. The van der Waals surface area contributed by atoms with E-state index in [9.17, 15) is 0 Å². The van der Waals surface area contributed by atoms with Gasteiger partial charge in [0.05, 0.1) is 16.9 Å². The molecule has 3 nitrogen and oxygen atoms in total. The fourth-order valence-corrected chi connectivity index (χ4v) is 14.1. The van der Waals surface area contributed by atoms with Gasteiger partial charge in [-0.1, -0.05) is 245 Å². The maximum absolute atomic E-state index is 2.64. The van der Waals surface area contributed by atoms with Gasteiger partial charge in [-0.2, -0.15) is 0 Å². The number of para-hydroxylation sites is 3. The molecule has 0 spiro atoms. The van der Waals surface area contributed by atoms with Crippen LogP contribution in [-0.4, -0.2) is 11.3 Å². The Morgan fingerprint density at radius 1 is 0.378 bits per heavy atom. The minimum absolute atomic E-state index is 0.111. The predicted molar refractivity (Wildman–Crippen MR) is 350 cm³/mol. The van der Waals surface area contributed by atoms with Crippen LogP contribution in [0.5, 0.6) is 0 Å². The third kappa shape index (κ3) is 7.44. The highest BCUT2D eigenvalue weighted by Crippen LogP contribution is 2.52. The zero-order valence-corrected chi connectivity index (χ0v) is 46.3. The van der Waals surface area contributed by atoms with Crippen molar-refractivity contribution in [3.05, 3.63) is 284 Å². The van der Waals surface area contributed by atoms with E-state index in [1.807, 2.05) is 0 Å². The lowest BCUT2D eigenvalue weighted by atomic mass is 9.33. The minimum Gasteiger partial charge on any atom is -0.313 e. The fourth-order valence-electron chi connectivity index (χ4n) is 14.1. The largest absolute Gasteiger partial charge is 0.313 e. The molecule has 388 valence electrons. The number of hydrogen-bond donors (Lipinski definition) is 0. The highest BCUT2D eigenvalue weighted by atomic mass is 15.2. The van der Waals surface area contributed by atoms with Crippen molar-refractivity contribution in [3.63, 3.8) is 0 Å². The van der Waals surface area contributed by atoms with Gasteiger partial charge in [0.25, 0.3) is 6.71 Å². The predicted octanol–water partition coefficient (Wildman–Crippen LogP) is 18.9. The summed E-state index contributed by atoms with van der Waals surface area (Å²) in [5, 5.41) is 6.27. The molecule has 0 unspecified atom stereocenters. The molecule has 3 aliphatic rings. The second-order valence-corrected chi connectivity index (χ2v) is 23.4. The average Bonchev–Trinajstić information content (AvgIpc) is 2.08. The van der Waals surface area contributed by atoms with Crippen molar-refractivity contribution in [2.24, 2.45) is 0 Å². The summed E-state index contributed by atoms with van der Waals surface area (Å²) in [6.45, 7) is 7.01. The van der Waals surface area contributed by atoms with Gasteiger partial charge in [0.2, 0.25) is 0 Å². The molecule has 13 aromatic rings. The minimum atomic E-state index is -0.213. The Hall–Kier alpha value is -9.90. The topological polar surface area (TPSA) is 11.4 Å². The summed E-state index contributed by atoms with van der Waals surface area (Å²) in [5.74, 6) is 0. The monoisotopic (exact) mass is 1050 g/mol. The standard InChI is InChI=1S/C78H58BN3/c1-78(2,3)55-48-73-77-74(49-55)82(68-40-22-18-32-58(68)52-27-9-5-10-28-52)72-50-56(80-69-41-23-19-33-59(69)60-34-20-24-42-70(60)80)44-46-66(72)79(77)65-45-43-54(47-71(65)81(73)67-39-21-17-31-57(67)51-25-7-4-8-26-51)76-63-37-15-13-35-61(63)75(53-29-11-6-12-30-53)62-36-14-16-38-64(62)76/h4-23,25-41,43-50H,24,42H2,1-3H3. The molecule has 0 amide bonds. The van der Waals surface area contributed by atoms with Crippen LogP contribution in [-0.2, 0) is 11.8 Å². The van der Waals surface area contributed by atoms with Crippen molar-refractivity contribution in [1.82, 2.24) is 4.57 Å². The Morgan fingerprint density at radius 2 is 0.841 bits per heavy atom. The van der Waals surface area contributed by atoms with Crippen LogP contribution in [0, 0.1) is 0 Å². The second-order valence-electron chi connectivity index (χ2n) is 23.4. The van der Waals surface area contributed by atoms with E-state index in [2.05, 4.69) is 308 Å². The quantitative estimate of drug-likeness (QED) is 0.116. The summed E-state index contributed by atoms with van der Waals surface area (Å²) >= 11 is 0. The summed E-state index contributed by atoms with van der Waals surface area (Å²) in [6.07, 6.45) is 6.69. The van der Waals surface area contributed by atoms with Crippen molar-refractivity contribution < 1.29 is 0 Å². The van der Waals surface area contributed by atoms with Crippen LogP contribution in [0.1, 0.15) is 44.0 Å². The lowest BCUT2D eigenvalue weighted by Crippen LogP contribution is -2.61. The molecule has 0 fully saturated rings. The molecule has 0 atom stereocenters. The number of aromatic nitrogens is 1. The third-order valence-corrected chi connectivity index (χ3v) is 17.8. The summed E-state index contributed by atoms with van der Waals surface area (Å²) in [6, 6.07) is 98.0. The molecule has 4 heteroatoms. The van der Waals surface area contributed by atoms with Gasteiger partial charge in [-0.3, -0.25) is 0 Å². The molecule has 0 bridgehead atoms. The van der Waals surface area contributed by atoms with Crippen LogP contribution in [0.4, 0.5) is 34.1 Å². The Balaban J connectivity index is 1.03. The van der Waals surface area contributed by atoms with Crippen LogP contribution in [0.15, 0.2) is 267 Å². The first-order valence-corrected chi connectivity index (χ1v) is 29.0. The molecule has 1 aromatic heterocycles. The first-order valence-electron chi connectivity index (χ1n) is 29.0. The molecule has 1 aliphatic carbocycles. The maximum Gasteiger partial charge on any atom is 0.252 e. The van der Waals surface area contributed by atoms with Gasteiger partial charge in [0.1, 0.15) is 0 Å².